The third kappa shape index (κ3) is 3.81. The molecule has 3 atom stereocenters. The second kappa shape index (κ2) is 7.27. The van der Waals surface area contributed by atoms with E-state index in [9.17, 15) is 13.2 Å². The fourth-order valence-corrected chi connectivity index (χ4v) is 4.76. The van der Waals surface area contributed by atoms with Gasteiger partial charge in [-0.25, -0.2) is 12.7 Å². The first-order valence-corrected chi connectivity index (χ1v) is 9.98. The quantitative estimate of drug-likeness (QED) is 0.819. The maximum atomic E-state index is 12.8. The minimum absolute atomic E-state index is 0.0957. The monoisotopic (exact) mass is 331 g/mol. The zero-order chi connectivity index (χ0) is 16.3. The molecule has 2 heterocycles. The molecule has 2 N–H and O–H groups in total. The largest absolute Gasteiger partial charge is 0.338 e. The van der Waals surface area contributed by atoms with Crippen LogP contribution in [-0.2, 0) is 14.8 Å². The number of likely N-dealkylation sites (tertiary alicyclic amines) is 1. The second-order valence-corrected chi connectivity index (χ2v) is 8.91. The molecule has 2 fully saturated rings. The van der Waals surface area contributed by atoms with Crippen LogP contribution in [0.2, 0.25) is 0 Å². The minimum Gasteiger partial charge on any atom is -0.338 e. The van der Waals surface area contributed by atoms with E-state index >= 15 is 0 Å². The Bertz CT molecular complexity index is 494. The summed E-state index contributed by atoms with van der Waals surface area (Å²) in [6.45, 7) is 5.95. The maximum Gasteiger partial charge on any atom is 0.227 e. The average Bonchev–Trinajstić information content (AvgIpc) is 2.54. The molecule has 0 aromatic carbocycles. The number of carbonyl (C=O) groups excluding carboxylic acids is 1. The van der Waals surface area contributed by atoms with Crippen molar-refractivity contribution in [3.8, 4) is 0 Å². The lowest BCUT2D eigenvalue weighted by atomic mass is 9.90. The summed E-state index contributed by atoms with van der Waals surface area (Å²) >= 11 is 0. The molecule has 0 saturated carbocycles. The summed E-state index contributed by atoms with van der Waals surface area (Å²) in [6, 6.07) is 0.106. The van der Waals surface area contributed by atoms with Gasteiger partial charge in [0.1, 0.15) is 0 Å². The molecule has 22 heavy (non-hydrogen) atoms. The molecular formula is C15H29N3O3S. The van der Waals surface area contributed by atoms with Crippen LogP contribution in [0.5, 0.6) is 0 Å². The molecule has 0 radical (unpaired) electrons. The predicted molar refractivity (Wildman–Crippen MR) is 86.7 cm³/mol. The summed E-state index contributed by atoms with van der Waals surface area (Å²) in [5.41, 5.74) is 5.84. The van der Waals surface area contributed by atoms with Crippen LogP contribution in [-0.4, -0.2) is 61.5 Å². The summed E-state index contributed by atoms with van der Waals surface area (Å²) < 4.78 is 25.6. The number of piperidine rings is 2. The van der Waals surface area contributed by atoms with E-state index in [1.165, 1.54) is 4.31 Å². The van der Waals surface area contributed by atoms with Crippen LogP contribution in [0.3, 0.4) is 0 Å². The fourth-order valence-electron chi connectivity index (χ4n) is 3.58. The van der Waals surface area contributed by atoms with Crippen LogP contribution in [0, 0.1) is 11.8 Å². The zero-order valence-corrected chi connectivity index (χ0v) is 14.5. The van der Waals surface area contributed by atoms with Crippen molar-refractivity contribution in [1.82, 2.24) is 9.21 Å². The topological polar surface area (TPSA) is 83.7 Å². The van der Waals surface area contributed by atoms with Crippen LogP contribution in [0.4, 0.5) is 0 Å². The van der Waals surface area contributed by atoms with Crippen molar-refractivity contribution in [2.75, 3.05) is 31.9 Å². The van der Waals surface area contributed by atoms with Gasteiger partial charge in [-0.15, -0.1) is 0 Å². The molecule has 7 heteroatoms. The number of carbonyl (C=O) groups is 1. The van der Waals surface area contributed by atoms with Crippen LogP contribution in [0.25, 0.3) is 0 Å². The summed E-state index contributed by atoms with van der Waals surface area (Å²) in [5, 5.41) is 0. The highest BCUT2D eigenvalue weighted by molar-refractivity contribution is 7.89. The van der Waals surface area contributed by atoms with E-state index in [4.69, 9.17) is 5.73 Å². The molecule has 0 spiro atoms. The number of amides is 1. The molecule has 128 valence electrons. The maximum absolute atomic E-state index is 12.8. The van der Waals surface area contributed by atoms with E-state index in [2.05, 4.69) is 6.92 Å². The Morgan fingerprint density at radius 3 is 2.64 bits per heavy atom. The molecule has 0 bridgehead atoms. The van der Waals surface area contributed by atoms with Gasteiger partial charge in [0.25, 0.3) is 0 Å². The molecule has 0 aliphatic carbocycles. The standard InChI is InChI=1S/C15H29N3O3S/c1-3-22(20,21)17-7-4-5-13(11-17)15(19)18-8-6-12(2)9-14(18)10-16/h12-14H,3-11,16H2,1-2H3. The lowest BCUT2D eigenvalue weighted by molar-refractivity contribution is -0.140. The van der Waals surface area contributed by atoms with E-state index in [-0.39, 0.29) is 23.6 Å². The van der Waals surface area contributed by atoms with Gasteiger partial charge in [-0.2, -0.15) is 0 Å². The third-order valence-electron chi connectivity index (χ3n) is 5.02. The Labute approximate surface area is 134 Å². The van der Waals surface area contributed by atoms with Crippen molar-refractivity contribution in [1.29, 1.82) is 0 Å². The lowest BCUT2D eigenvalue weighted by Crippen LogP contribution is -2.54. The van der Waals surface area contributed by atoms with Gasteiger partial charge in [0, 0.05) is 32.2 Å². The molecule has 6 nitrogen and oxygen atoms in total. The second-order valence-electron chi connectivity index (χ2n) is 6.65. The third-order valence-corrected chi connectivity index (χ3v) is 6.87. The Balaban J connectivity index is 2.05. The van der Waals surface area contributed by atoms with Gasteiger partial charge in [-0.3, -0.25) is 4.79 Å². The molecule has 0 aromatic heterocycles. The van der Waals surface area contributed by atoms with Gasteiger partial charge in [0.05, 0.1) is 11.7 Å². The molecule has 2 aliphatic heterocycles. The number of rotatable bonds is 4. The fraction of sp³-hybridized carbons (Fsp3) is 0.933. The number of nitrogens with two attached hydrogens (primary N) is 1. The molecular weight excluding hydrogens is 302 g/mol. The Hall–Kier alpha value is -0.660. The summed E-state index contributed by atoms with van der Waals surface area (Å²) in [5.74, 6) is 0.581. The number of nitrogens with zero attached hydrogens (tertiary/aromatic N) is 2. The highest BCUT2D eigenvalue weighted by Crippen LogP contribution is 2.27. The first kappa shape index (κ1) is 17.7. The summed E-state index contributed by atoms with van der Waals surface area (Å²) in [6.07, 6.45) is 3.49. The van der Waals surface area contributed by atoms with Crippen molar-refractivity contribution in [2.45, 2.75) is 45.6 Å². The van der Waals surface area contributed by atoms with Crippen LogP contribution in [0.15, 0.2) is 0 Å². The van der Waals surface area contributed by atoms with Gasteiger partial charge in [0.2, 0.25) is 15.9 Å². The Morgan fingerprint density at radius 2 is 2.00 bits per heavy atom. The first-order chi connectivity index (χ1) is 10.4. The molecule has 0 aromatic rings. The van der Waals surface area contributed by atoms with Crippen molar-refractivity contribution >= 4 is 15.9 Å². The summed E-state index contributed by atoms with van der Waals surface area (Å²) in [7, 11) is -3.21. The highest BCUT2D eigenvalue weighted by Gasteiger charge is 2.37. The number of sulfonamides is 1. The van der Waals surface area contributed by atoms with E-state index in [0.29, 0.717) is 25.6 Å². The molecule has 2 aliphatic rings. The molecule has 2 rings (SSSR count). The van der Waals surface area contributed by atoms with Gasteiger partial charge < -0.3 is 10.6 Å². The van der Waals surface area contributed by atoms with E-state index in [1.807, 2.05) is 4.90 Å². The van der Waals surface area contributed by atoms with Gasteiger partial charge in [0.15, 0.2) is 0 Å². The van der Waals surface area contributed by atoms with Gasteiger partial charge >= 0.3 is 0 Å². The smallest absolute Gasteiger partial charge is 0.227 e. The van der Waals surface area contributed by atoms with Crippen LogP contribution < -0.4 is 5.73 Å². The number of hydrogen-bond donors (Lipinski definition) is 1. The van der Waals surface area contributed by atoms with E-state index < -0.39 is 10.0 Å². The van der Waals surface area contributed by atoms with Gasteiger partial charge in [-0.05, 0) is 38.5 Å². The Morgan fingerprint density at radius 1 is 1.27 bits per heavy atom. The normalized spacial score (nSPS) is 31.2. The molecule has 1 amide bonds. The first-order valence-electron chi connectivity index (χ1n) is 8.37. The van der Waals surface area contributed by atoms with Crippen LogP contribution in [0.1, 0.15) is 39.5 Å². The lowest BCUT2D eigenvalue weighted by Gasteiger charge is -2.41. The van der Waals surface area contributed by atoms with Crippen molar-refractivity contribution in [2.24, 2.45) is 17.6 Å². The predicted octanol–water partition coefficient (Wildman–Crippen LogP) is 0.634. The zero-order valence-electron chi connectivity index (χ0n) is 13.7. The highest BCUT2D eigenvalue weighted by atomic mass is 32.2. The van der Waals surface area contributed by atoms with Crippen molar-refractivity contribution in [3.05, 3.63) is 0 Å². The van der Waals surface area contributed by atoms with Crippen LogP contribution >= 0.6 is 0 Å². The van der Waals surface area contributed by atoms with Crippen molar-refractivity contribution < 1.29 is 13.2 Å². The minimum atomic E-state index is -3.21. The van der Waals surface area contributed by atoms with Crippen molar-refractivity contribution in [3.63, 3.8) is 0 Å². The molecule has 2 saturated heterocycles. The molecule has 3 unspecified atom stereocenters. The Kier molecular flexibility index (Phi) is 5.85. The number of hydrogen-bond acceptors (Lipinski definition) is 4. The van der Waals surface area contributed by atoms with E-state index in [0.717, 1.165) is 32.2 Å². The SMILES string of the molecule is CCS(=O)(=O)N1CCCC(C(=O)N2CCC(C)CC2CN)C1. The van der Waals surface area contributed by atoms with E-state index in [1.54, 1.807) is 6.92 Å². The van der Waals surface area contributed by atoms with Gasteiger partial charge in [-0.1, -0.05) is 6.92 Å². The average molecular weight is 331 g/mol. The summed E-state index contributed by atoms with van der Waals surface area (Å²) in [4.78, 5) is 14.7.